The highest BCUT2D eigenvalue weighted by Crippen LogP contribution is 2.71. The van der Waals surface area contributed by atoms with Crippen LogP contribution in [-0.2, 0) is 56.5 Å². The second-order valence-corrected chi connectivity index (χ2v) is 15.2. The number of hydrogen-bond acceptors (Lipinski definition) is 17. The SMILES string of the molecule is COc1ccc([N+](=O)[O-])c([C@H](C)OCc2cn(C3C[C@@](O)(CCOP(=O)(OC)OP(=O)(OC)OP(=O)(O)OC)CO3)c(=O)[nH]c2=O)c1. The van der Waals surface area contributed by atoms with Crippen LogP contribution >= 0.6 is 23.5 Å². The van der Waals surface area contributed by atoms with Gasteiger partial charge in [-0.25, -0.2) is 18.5 Å². The molecule has 1 aromatic carbocycles. The Bertz CT molecular complexity index is 1700. The average molecular weight is 733 g/mol. The number of nitro benzene ring substituents is 1. The number of methoxy groups -OCH3 is 1. The Morgan fingerprint density at radius 3 is 2.40 bits per heavy atom. The summed E-state index contributed by atoms with van der Waals surface area (Å²) >= 11 is 0. The standard InChI is InChI=1S/C23H34N3O18P3/c1-15(18-10-17(36-2)6-7-19(18)26(30)31)40-13-16-12-25(22(28)24-21(16)27)20-11-23(29,14-41-20)8-9-42-46(34,38-4)44-47(35,39-5)43-45(32,33)37-3/h6-7,10,12,15,20,29H,8-9,11,13-14H2,1-5H3,(H,32,33)(H,24,27,28)/t15-,20?,23-,46?,47?/m0/s1. The highest BCUT2D eigenvalue weighted by atomic mass is 31.3. The van der Waals surface area contributed by atoms with Crippen LogP contribution in [0.25, 0.3) is 0 Å². The topological polar surface area (TPSA) is 273 Å². The van der Waals surface area contributed by atoms with E-state index >= 15 is 0 Å². The smallest absolute Gasteiger partial charge is 0.492 e. The van der Waals surface area contributed by atoms with Crippen molar-refractivity contribution in [3.63, 3.8) is 0 Å². The Labute approximate surface area is 266 Å². The first kappa shape index (κ1) is 38.8. The number of rotatable bonds is 18. The predicted octanol–water partition coefficient (Wildman–Crippen LogP) is 3.08. The number of phosphoric ester groups is 2. The quantitative estimate of drug-likeness (QED) is 0.113. The Morgan fingerprint density at radius 1 is 1.13 bits per heavy atom. The van der Waals surface area contributed by atoms with Crippen molar-refractivity contribution in [2.24, 2.45) is 0 Å². The maximum Gasteiger partial charge on any atom is 0.492 e. The van der Waals surface area contributed by atoms with E-state index in [1.807, 2.05) is 0 Å². The van der Waals surface area contributed by atoms with E-state index in [9.17, 15) is 43.4 Å². The normalized spacial score (nSPS) is 22.6. The highest BCUT2D eigenvalue weighted by molar-refractivity contribution is 7.67. The van der Waals surface area contributed by atoms with E-state index in [-0.39, 0.29) is 42.9 Å². The largest absolute Gasteiger partial charge is 0.497 e. The molecular formula is C23H34N3O18P3. The number of nitro groups is 1. The monoisotopic (exact) mass is 733 g/mol. The summed E-state index contributed by atoms with van der Waals surface area (Å²) in [5, 5.41) is 22.5. The highest BCUT2D eigenvalue weighted by Gasteiger charge is 2.46. The number of aromatic amines is 1. The van der Waals surface area contributed by atoms with E-state index in [0.29, 0.717) is 5.75 Å². The molecule has 6 atom stereocenters. The molecule has 3 rings (SSSR count). The summed E-state index contributed by atoms with van der Waals surface area (Å²) in [6, 6.07) is 4.11. The third-order valence-electron chi connectivity index (χ3n) is 6.71. The summed E-state index contributed by atoms with van der Waals surface area (Å²) < 4.78 is 81.7. The lowest BCUT2D eigenvalue weighted by Gasteiger charge is -2.24. The third kappa shape index (κ3) is 10.2. The number of phosphoric acid groups is 3. The van der Waals surface area contributed by atoms with Crippen molar-refractivity contribution in [1.29, 1.82) is 0 Å². The van der Waals surface area contributed by atoms with Crippen molar-refractivity contribution >= 4 is 29.2 Å². The first-order valence-corrected chi connectivity index (χ1v) is 17.7. The summed E-state index contributed by atoms with van der Waals surface area (Å²) in [5.74, 6) is 0.352. The summed E-state index contributed by atoms with van der Waals surface area (Å²) in [6.45, 7) is 0.242. The summed E-state index contributed by atoms with van der Waals surface area (Å²) in [5.41, 5.74) is -3.41. The van der Waals surface area contributed by atoms with Crippen LogP contribution in [0.3, 0.4) is 0 Å². The number of nitrogens with zero attached hydrogens (tertiary/aromatic N) is 2. The Morgan fingerprint density at radius 2 is 1.81 bits per heavy atom. The van der Waals surface area contributed by atoms with E-state index in [0.717, 1.165) is 32.1 Å². The molecule has 47 heavy (non-hydrogen) atoms. The molecule has 0 radical (unpaired) electrons. The van der Waals surface area contributed by atoms with Crippen LogP contribution in [0.4, 0.5) is 5.69 Å². The number of hydrogen-bond donors (Lipinski definition) is 3. The lowest BCUT2D eigenvalue weighted by molar-refractivity contribution is -0.386. The van der Waals surface area contributed by atoms with Gasteiger partial charge >= 0.3 is 29.2 Å². The van der Waals surface area contributed by atoms with Gasteiger partial charge in [-0.15, -0.1) is 0 Å². The molecule has 0 spiro atoms. The summed E-state index contributed by atoms with van der Waals surface area (Å²) in [6.07, 6.45) is -1.34. The molecule has 1 saturated heterocycles. The molecule has 0 bridgehead atoms. The lowest BCUT2D eigenvalue weighted by atomic mass is 9.99. The molecule has 1 aromatic heterocycles. The first-order valence-electron chi connectivity index (χ1n) is 13.3. The fraction of sp³-hybridized carbons (Fsp3) is 0.565. The maximum atomic E-state index is 12.8. The molecule has 21 nitrogen and oxygen atoms in total. The zero-order valence-electron chi connectivity index (χ0n) is 25.7. The van der Waals surface area contributed by atoms with Gasteiger partial charge in [0.05, 0.1) is 54.7 Å². The molecule has 1 aliphatic rings. The van der Waals surface area contributed by atoms with Crippen LogP contribution in [0, 0.1) is 10.1 Å². The molecular weight excluding hydrogens is 699 g/mol. The van der Waals surface area contributed by atoms with E-state index < -0.39 is 64.2 Å². The molecule has 24 heteroatoms. The van der Waals surface area contributed by atoms with Crippen LogP contribution in [0.1, 0.15) is 43.2 Å². The van der Waals surface area contributed by atoms with Crippen LogP contribution in [0.15, 0.2) is 34.0 Å². The van der Waals surface area contributed by atoms with Gasteiger partial charge < -0.3 is 24.2 Å². The van der Waals surface area contributed by atoms with E-state index in [1.165, 1.54) is 32.2 Å². The van der Waals surface area contributed by atoms with Gasteiger partial charge in [0.2, 0.25) is 0 Å². The fourth-order valence-corrected chi connectivity index (χ4v) is 8.22. The molecule has 0 saturated carbocycles. The number of H-pyrrole nitrogens is 1. The van der Waals surface area contributed by atoms with Crippen LogP contribution in [0.2, 0.25) is 0 Å². The van der Waals surface area contributed by atoms with Gasteiger partial charge in [0.15, 0.2) is 0 Å². The van der Waals surface area contributed by atoms with Crippen molar-refractivity contribution in [1.82, 2.24) is 9.55 Å². The van der Waals surface area contributed by atoms with E-state index in [1.54, 1.807) is 0 Å². The molecule has 264 valence electrons. The number of ether oxygens (including phenoxy) is 3. The van der Waals surface area contributed by atoms with Gasteiger partial charge in [0.1, 0.15) is 12.0 Å². The molecule has 1 fully saturated rings. The zero-order valence-corrected chi connectivity index (χ0v) is 28.3. The van der Waals surface area contributed by atoms with Gasteiger partial charge in [-0.05, 0) is 19.1 Å². The number of aliphatic hydroxyl groups is 1. The van der Waals surface area contributed by atoms with Crippen molar-refractivity contribution in [2.45, 2.75) is 44.3 Å². The van der Waals surface area contributed by atoms with Crippen molar-refractivity contribution in [3.05, 3.63) is 66.5 Å². The van der Waals surface area contributed by atoms with Gasteiger partial charge in [-0.3, -0.25) is 42.6 Å². The van der Waals surface area contributed by atoms with Gasteiger partial charge in [0, 0.05) is 46.4 Å². The maximum absolute atomic E-state index is 12.8. The average Bonchev–Trinajstić information content (AvgIpc) is 3.40. The number of aromatic nitrogens is 2. The second-order valence-electron chi connectivity index (χ2n) is 9.81. The molecule has 4 unspecified atom stereocenters. The summed E-state index contributed by atoms with van der Waals surface area (Å²) in [4.78, 5) is 47.6. The summed E-state index contributed by atoms with van der Waals surface area (Å²) in [7, 11) is -10.9. The lowest BCUT2D eigenvalue weighted by Crippen LogP contribution is -2.35. The van der Waals surface area contributed by atoms with Gasteiger partial charge in [-0.2, -0.15) is 8.62 Å². The minimum absolute atomic E-state index is 0.0340. The number of nitrogens with one attached hydrogen (secondary N) is 1. The molecule has 2 heterocycles. The van der Waals surface area contributed by atoms with Crippen LogP contribution in [-0.4, -0.2) is 71.7 Å². The molecule has 1 aliphatic heterocycles. The van der Waals surface area contributed by atoms with Crippen LogP contribution in [0.5, 0.6) is 5.75 Å². The minimum Gasteiger partial charge on any atom is -0.497 e. The van der Waals surface area contributed by atoms with Crippen molar-refractivity contribution in [3.8, 4) is 5.75 Å². The Hall–Kier alpha value is -2.61. The number of benzene rings is 1. The zero-order chi connectivity index (χ0) is 35.2. The van der Waals surface area contributed by atoms with Crippen molar-refractivity contribution < 1.29 is 69.5 Å². The van der Waals surface area contributed by atoms with Gasteiger partial charge in [-0.1, -0.05) is 0 Å². The molecule has 2 aromatic rings. The van der Waals surface area contributed by atoms with Crippen LogP contribution < -0.4 is 16.0 Å². The van der Waals surface area contributed by atoms with E-state index in [2.05, 4.69) is 27.2 Å². The predicted molar refractivity (Wildman–Crippen MR) is 158 cm³/mol. The van der Waals surface area contributed by atoms with Gasteiger partial charge in [0.25, 0.3) is 11.2 Å². The fourth-order valence-electron chi connectivity index (χ4n) is 4.17. The third-order valence-corrected chi connectivity index (χ3v) is 11.8. The van der Waals surface area contributed by atoms with Crippen molar-refractivity contribution in [2.75, 3.05) is 41.7 Å². The molecule has 0 amide bonds. The Balaban J connectivity index is 1.68. The Kier molecular flexibility index (Phi) is 13.0. The first-order chi connectivity index (χ1) is 21.9. The minimum atomic E-state index is -5.01. The second kappa shape index (κ2) is 15.7. The molecule has 0 aliphatic carbocycles. The molecule has 3 N–H and O–H groups in total. The van der Waals surface area contributed by atoms with E-state index in [4.69, 9.17) is 18.7 Å².